The third kappa shape index (κ3) is 5.06. The maximum Gasteiger partial charge on any atom is 0.334 e. The van der Waals surface area contributed by atoms with Gasteiger partial charge in [-0.05, 0) is 19.1 Å². The fraction of sp³-hybridized carbons (Fsp3) is 0.364. The number of aliphatic hydroxyl groups is 1. The predicted octanol–water partition coefficient (Wildman–Crippen LogP) is -0.652. The number of thiophene rings is 1. The number of hydrogen-bond donors (Lipinski definition) is 4. The van der Waals surface area contributed by atoms with E-state index >= 15 is 0 Å². The number of amides is 2. The van der Waals surface area contributed by atoms with Gasteiger partial charge in [0.15, 0.2) is 6.10 Å². The standard InChI is InChI=1S/C11H14N2O5S/c1-6-2-3-8(19-6)10(16)13-5-9(15)12-4-7(14)11(17)18/h2-3,7,14H,4-5H2,1H3,(H,12,15)(H,13,16)(H,17,18). The van der Waals surface area contributed by atoms with E-state index in [0.717, 1.165) is 4.88 Å². The first-order valence-corrected chi connectivity index (χ1v) is 6.24. The number of carbonyl (C=O) groups excluding carboxylic acids is 2. The second-order valence-corrected chi connectivity index (χ2v) is 5.04. The van der Waals surface area contributed by atoms with Crippen molar-refractivity contribution in [1.82, 2.24) is 10.6 Å². The van der Waals surface area contributed by atoms with Crippen molar-refractivity contribution in [3.05, 3.63) is 21.9 Å². The van der Waals surface area contributed by atoms with Gasteiger partial charge in [-0.25, -0.2) is 4.79 Å². The van der Waals surface area contributed by atoms with Gasteiger partial charge < -0.3 is 20.8 Å². The Labute approximate surface area is 113 Å². The third-order valence-electron chi connectivity index (χ3n) is 2.15. The van der Waals surface area contributed by atoms with E-state index in [1.165, 1.54) is 11.3 Å². The number of aliphatic hydroxyl groups excluding tert-OH is 1. The highest BCUT2D eigenvalue weighted by Gasteiger charge is 2.15. The lowest BCUT2D eigenvalue weighted by Gasteiger charge is -2.08. The van der Waals surface area contributed by atoms with Crippen molar-refractivity contribution in [3.8, 4) is 0 Å². The molecule has 0 fully saturated rings. The Bertz CT molecular complexity index is 485. The van der Waals surface area contributed by atoms with Crippen molar-refractivity contribution in [2.24, 2.45) is 0 Å². The summed E-state index contributed by atoms with van der Waals surface area (Å²) in [4.78, 5) is 34.6. The number of carbonyl (C=O) groups is 3. The molecule has 0 aliphatic heterocycles. The molecule has 1 unspecified atom stereocenters. The smallest absolute Gasteiger partial charge is 0.334 e. The van der Waals surface area contributed by atoms with Crippen LogP contribution >= 0.6 is 11.3 Å². The van der Waals surface area contributed by atoms with Crippen LogP contribution in [0.25, 0.3) is 0 Å². The quantitative estimate of drug-likeness (QED) is 0.554. The van der Waals surface area contributed by atoms with Crippen LogP contribution in [0.1, 0.15) is 14.5 Å². The molecule has 4 N–H and O–H groups in total. The first-order valence-electron chi connectivity index (χ1n) is 5.42. The van der Waals surface area contributed by atoms with Gasteiger partial charge in [0.1, 0.15) is 0 Å². The van der Waals surface area contributed by atoms with E-state index in [2.05, 4.69) is 10.6 Å². The monoisotopic (exact) mass is 286 g/mol. The number of nitrogens with one attached hydrogen (secondary N) is 2. The molecule has 0 saturated heterocycles. The van der Waals surface area contributed by atoms with Gasteiger partial charge in [-0.1, -0.05) is 0 Å². The van der Waals surface area contributed by atoms with E-state index in [0.29, 0.717) is 4.88 Å². The van der Waals surface area contributed by atoms with Crippen molar-refractivity contribution < 1.29 is 24.6 Å². The summed E-state index contributed by atoms with van der Waals surface area (Å²) >= 11 is 1.31. The van der Waals surface area contributed by atoms with Gasteiger partial charge in [-0.15, -0.1) is 11.3 Å². The lowest BCUT2D eigenvalue weighted by molar-refractivity contribution is -0.146. The highest BCUT2D eigenvalue weighted by Crippen LogP contribution is 2.14. The van der Waals surface area contributed by atoms with Gasteiger partial charge in [0.05, 0.1) is 18.0 Å². The topological polar surface area (TPSA) is 116 Å². The minimum Gasteiger partial charge on any atom is -0.479 e. The van der Waals surface area contributed by atoms with Crippen molar-refractivity contribution in [2.75, 3.05) is 13.1 Å². The number of rotatable bonds is 6. The van der Waals surface area contributed by atoms with E-state index in [-0.39, 0.29) is 12.5 Å². The Morgan fingerprint density at radius 2 is 2.00 bits per heavy atom. The van der Waals surface area contributed by atoms with Crippen LogP contribution in [0.2, 0.25) is 0 Å². The zero-order valence-corrected chi connectivity index (χ0v) is 11.0. The average Bonchev–Trinajstić information content (AvgIpc) is 2.79. The van der Waals surface area contributed by atoms with Crippen molar-refractivity contribution >= 4 is 29.1 Å². The summed E-state index contributed by atoms with van der Waals surface area (Å²) in [6, 6.07) is 3.45. The second kappa shape index (κ2) is 6.86. The average molecular weight is 286 g/mol. The Balaban J connectivity index is 2.30. The van der Waals surface area contributed by atoms with Crippen LogP contribution in [0, 0.1) is 6.92 Å². The lowest BCUT2D eigenvalue weighted by atomic mass is 10.3. The van der Waals surface area contributed by atoms with Crippen molar-refractivity contribution in [3.63, 3.8) is 0 Å². The molecule has 8 heteroatoms. The Kier molecular flexibility index (Phi) is 5.46. The zero-order chi connectivity index (χ0) is 14.4. The molecule has 19 heavy (non-hydrogen) atoms. The predicted molar refractivity (Wildman–Crippen MR) is 68.0 cm³/mol. The summed E-state index contributed by atoms with van der Waals surface area (Å²) in [7, 11) is 0. The Morgan fingerprint density at radius 3 is 2.53 bits per heavy atom. The van der Waals surface area contributed by atoms with Crippen molar-refractivity contribution in [1.29, 1.82) is 0 Å². The molecule has 1 heterocycles. The maximum atomic E-state index is 11.6. The van der Waals surface area contributed by atoms with Gasteiger partial charge in [-0.3, -0.25) is 9.59 Å². The molecule has 104 valence electrons. The highest BCUT2D eigenvalue weighted by atomic mass is 32.1. The van der Waals surface area contributed by atoms with Gasteiger partial charge in [0, 0.05) is 4.88 Å². The molecule has 0 aliphatic rings. The van der Waals surface area contributed by atoms with Crippen LogP contribution in [0.4, 0.5) is 0 Å². The molecule has 1 aromatic heterocycles. The fourth-order valence-corrected chi connectivity index (χ4v) is 1.95. The summed E-state index contributed by atoms with van der Waals surface area (Å²) in [6.45, 7) is 1.19. The molecule has 0 bridgehead atoms. The van der Waals surface area contributed by atoms with Gasteiger partial charge >= 0.3 is 5.97 Å². The molecule has 1 rings (SSSR count). The largest absolute Gasteiger partial charge is 0.479 e. The molecule has 2 amide bonds. The fourth-order valence-electron chi connectivity index (χ4n) is 1.16. The number of carboxylic acid groups (broad SMARTS) is 1. The van der Waals surface area contributed by atoms with Gasteiger partial charge in [0.2, 0.25) is 5.91 Å². The summed E-state index contributed by atoms with van der Waals surface area (Å²) in [5.41, 5.74) is 0. The molecule has 0 aliphatic carbocycles. The van der Waals surface area contributed by atoms with Gasteiger partial charge in [0.25, 0.3) is 5.91 Å². The Morgan fingerprint density at radius 1 is 1.32 bits per heavy atom. The second-order valence-electron chi connectivity index (χ2n) is 3.75. The minimum absolute atomic E-state index is 0.276. The van der Waals surface area contributed by atoms with Crippen LogP contribution in [0.15, 0.2) is 12.1 Å². The van der Waals surface area contributed by atoms with Crippen LogP contribution in [0.3, 0.4) is 0 Å². The van der Waals surface area contributed by atoms with Crippen LogP contribution in [-0.4, -0.2) is 47.2 Å². The van der Waals surface area contributed by atoms with Crippen molar-refractivity contribution in [2.45, 2.75) is 13.0 Å². The molecule has 0 spiro atoms. The molecular weight excluding hydrogens is 272 g/mol. The first kappa shape index (κ1) is 15.1. The van der Waals surface area contributed by atoms with E-state index in [9.17, 15) is 14.4 Å². The number of aliphatic carboxylic acids is 1. The lowest BCUT2D eigenvalue weighted by Crippen LogP contribution is -2.41. The SMILES string of the molecule is Cc1ccc(C(=O)NCC(=O)NCC(O)C(=O)O)s1. The summed E-state index contributed by atoms with van der Waals surface area (Å²) in [5.74, 6) is -2.35. The van der Waals surface area contributed by atoms with Crippen LogP contribution in [-0.2, 0) is 9.59 Å². The minimum atomic E-state index is -1.65. The van der Waals surface area contributed by atoms with Gasteiger partial charge in [-0.2, -0.15) is 0 Å². The molecule has 0 aromatic carbocycles. The summed E-state index contributed by atoms with van der Waals surface area (Å²) in [6.07, 6.45) is -1.65. The molecular formula is C11H14N2O5S. The molecule has 0 saturated carbocycles. The summed E-state index contributed by atoms with van der Waals surface area (Å²) < 4.78 is 0. The highest BCUT2D eigenvalue weighted by molar-refractivity contribution is 7.13. The molecule has 0 radical (unpaired) electrons. The van der Waals surface area contributed by atoms with Crippen LogP contribution < -0.4 is 10.6 Å². The number of carboxylic acids is 1. The molecule has 1 aromatic rings. The van der Waals surface area contributed by atoms with Crippen LogP contribution in [0.5, 0.6) is 0 Å². The summed E-state index contributed by atoms with van der Waals surface area (Å²) in [5, 5.41) is 21.9. The van der Waals surface area contributed by atoms with E-state index in [4.69, 9.17) is 10.2 Å². The molecule has 7 nitrogen and oxygen atoms in total. The number of hydrogen-bond acceptors (Lipinski definition) is 5. The maximum absolute atomic E-state index is 11.6. The Hall–Kier alpha value is -1.93. The van der Waals surface area contributed by atoms with E-state index in [1.807, 2.05) is 6.92 Å². The number of aryl methyl sites for hydroxylation is 1. The zero-order valence-electron chi connectivity index (χ0n) is 10.2. The van der Waals surface area contributed by atoms with E-state index < -0.39 is 24.5 Å². The molecule has 1 atom stereocenters. The third-order valence-corrected chi connectivity index (χ3v) is 3.15. The van der Waals surface area contributed by atoms with E-state index in [1.54, 1.807) is 12.1 Å². The normalized spacial score (nSPS) is 11.7. The first-order chi connectivity index (χ1) is 8.90.